The maximum absolute atomic E-state index is 13.2. The van der Waals surface area contributed by atoms with Gasteiger partial charge in [0, 0.05) is 11.4 Å². The summed E-state index contributed by atoms with van der Waals surface area (Å²) in [4.78, 5) is 28.5. The smallest absolute Gasteiger partial charge is 0.354 e. The third kappa shape index (κ3) is 5.91. The van der Waals surface area contributed by atoms with Crippen molar-refractivity contribution in [2.45, 2.75) is 43.2 Å². The van der Waals surface area contributed by atoms with Crippen LogP contribution >= 0.6 is 11.8 Å². The summed E-state index contributed by atoms with van der Waals surface area (Å²) in [5, 5.41) is 2.91. The fraction of sp³-hybridized carbons (Fsp3) is 0.308. The summed E-state index contributed by atoms with van der Waals surface area (Å²) in [7, 11) is 0. The van der Waals surface area contributed by atoms with Crippen molar-refractivity contribution in [1.82, 2.24) is 5.32 Å². The predicted octanol–water partition coefficient (Wildman–Crippen LogP) is 6.19. The molecule has 0 spiro atoms. The summed E-state index contributed by atoms with van der Waals surface area (Å²) < 4.78 is 38.6. The Hall–Kier alpha value is -3.00. The molecule has 1 heterocycles. The number of thioether (sulfide) groups is 1. The van der Waals surface area contributed by atoms with Gasteiger partial charge in [-0.3, -0.25) is 14.5 Å². The fourth-order valence-electron chi connectivity index (χ4n) is 4.03. The van der Waals surface area contributed by atoms with Gasteiger partial charge in [0.05, 0.1) is 16.2 Å². The molecule has 0 unspecified atom stereocenters. The number of hydrogen-bond donors (Lipinski definition) is 1. The molecule has 1 N–H and O–H groups in total. The molecular formula is C26H25F3N2O2S. The third-order valence-corrected chi connectivity index (χ3v) is 6.90. The number of alkyl halides is 3. The zero-order valence-electron chi connectivity index (χ0n) is 18.5. The molecule has 2 aliphatic rings. The fourth-order valence-corrected chi connectivity index (χ4v) is 5.09. The van der Waals surface area contributed by atoms with Gasteiger partial charge in [-0.1, -0.05) is 47.7 Å². The van der Waals surface area contributed by atoms with E-state index in [0.717, 1.165) is 36.3 Å². The van der Waals surface area contributed by atoms with Gasteiger partial charge < -0.3 is 5.32 Å². The first-order chi connectivity index (χ1) is 16.3. The number of hydrogen-bond acceptors (Lipinski definition) is 3. The van der Waals surface area contributed by atoms with E-state index >= 15 is 0 Å². The topological polar surface area (TPSA) is 49.4 Å². The molecule has 178 valence electrons. The Kier molecular flexibility index (Phi) is 7.46. The second-order valence-electron chi connectivity index (χ2n) is 8.30. The lowest BCUT2D eigenvalue weighted by molar-refractivity contribution is -0.137. The van der Waals surface area contributed by atoms with Gasteiger partial charge >= 0.3 is 6.18 Å². The number of fused-ring (bicyclic) bond motifs is 1. The normalized spacial score (nSPS) is 17.4. The van der Waals surface area contributed by atoms with Crippen LogP contribution < -0.4 is 10.2 Å². The highest BCUT2D eigenvalue weighted by molar-refractivity contribution is 8.04. The number of benzene rings is 2. The molecule has 4 nitrogen and oxygen atoms in total. The second-order valence-corrected chi connectivity index (χ2v) is 9.38. The van der Waals surface area contributed by atoms with Crippen LogP contribution in [0.5, 0.6) is 0 Å². The second kappa shape index (κ2) is 10.5. The Morgan fingerprint density at radius 3 is 2.56 bits per heavy atom. The summed E-state index contributed by atoms with van der Waals surface area (Å²) in [6.45, 7) is 0.400. The number of nitrogens with zero attached hydrogens (tertiary/aromatic N) is 1. The van der Waals surface area contributed by atoms with E-state index in [1.807, 2.05) is 12.1 Å². The zero-order valence-corrected chi connectivity index (χ0v) is 19.3. The Balaban J connectivity index is 1.48. The highest BCUT2D eigenvalue weighted by atomic mass is 32.2. The van der Waals surface area contributed by atoms with Crippen LogP contribution in [-0.2, 0) is 15.8 Å². The van der Waals surface area contributed by atoms with Crippen molar-refractivity contribution in [2.24, 2.45) is 0 Å². The van der Waals surface area contributed by atoms with Gasteiger partial charge in [-0.25, -0.2) is 0 Å². The SMILES string of the molecule is O=C(CN1C(=O)C(=Cc2ccc(C(F)(F)F)cc2)Sc2ccccc21)NCCC1=CCCCC1. The van der Waals surface area contributed by atoms with E-state index < -0.39 is 11.7 Å². The highest BCUT2D eigenvalue weighted by Crippen LogP contribution is 2.42. The van der Waals surface area contributed by atoms with Crippen molar-refractivity contribution in [2.75, 3.05) is 18.0 Å². The van der Waals surface area contributed by atoms with Crippen molar-refractivity contribution in [3.8, 4) is 0 Å². The molecule has 2 aromatic rings. The lowest BCUT2D eigenvalue weighted by atomic mass is 9.97. The molecule has 0 fully saturated rings. The predicted molar refractivity (Wildman–Crippen MR) is 128 cm³/mol. The average molecular weight is 487 g/mol. The van der Waals surface area contributed by atoms with Gasteiger partial charge in [0.25, 0.3) is 5.91 Å². The number of nitrogens with one attached hydrogen (secondary N) is 1. The molecule has 0 radical (unpaired) electrons. The summed E-state index contributed by atoms with van der Waals surface area (Å²) >= 11 is 1.25. The number of allylic oxidation sites excluding steroid dienone is 1. The van der Waals surface area contributed by atoms with Crippen molar-refractivity contribution >= 4 is 35.3 Å². The van der Waals surface area contributed by atoms with E-state index in [2.05, 4.69) is 11.4 Å². The largest absolute Gasteiger partial charge is 0.416 e. The van der Waals surface area contributed by atoms with Gasteiger partial charge in [0.1, 0.15) is 6.54 Å². The van der Waals surface area contributed by atoms with E-state index in [-0.39, 0.29) is 18.4 Å². The van der Waals surface area contributed by atoms with Crippen molar-refractivity contribution < 1.29 is 22.8 Å². The molecule has 0 aromatic heterocycles. The average Bonchev–Trinajstić information content (AvgIpc) is 2.82. The van der Waals surface area contributed by atoms with Gasteiger partial charge in [-0.15, -0.1) is 0 Å². The first kappa shape index (κ1) is 24.1. The Bertz CT molecular complexity index is 1120. The first-order valence-electron chi connectivity index (χ1n) is 11.2. The molecule has 8 heteroatoms. The summed E-state index contributed by atoms with van der Waals surface area (Å²) in [6.07, 6.45) is 4.76. The van der Waals surface area contributed by atoms with Gasteiger partial charge in [-0.2, -0.15) is 13.2 Å². The Labute approximate surface area is 200 Å². The minimum atomic E-state index is -4.42. The summed E-state index contributed by atoms with van der Waals surface area (Å²) in [6, 6.07) is 11.9. The number of para-hydroxylation sites is 1. The molecule has 0 atom stereocenters. The van der Waals surface area contributed by atoms with Gasteiger partial charge in [0.2, 0.25) is 5.91 Å². The quantitative estimate of drug-likeness (QED) is 0.391. The number of rotatable bonds is 6. The van der Waals surface area contributed by atoms with Crippen molar-refractivity contribution in [3.63, 3.8) is 0 Å². The lowest BCUT2D eigenvalue weighted by Crippen LogP contribution is -2.43. The molecule has 0 saturated heterocycles. The summed E-state index contributed by atoms with van der Waals surface area (Å²) in [5.74, 6) is -0.603. The molecule has 4 rings (SSSR count). The van der Waals surface area contributed by atoms with Crippen LogP contribution in [0.4, 0.5) is 18.9 Å². The van der Waals surface area contributed by atoms with E-state index in [9.17, 15) is 22.8 Å². The Morgan fingerprint density at radius 1 is 1.09 bits per heavy atom. The van der Waals surface area contributed by atoms with Crippen LogP contribution in [0, 0.1) is 0 Å². The molecule has 0 bridgehead atoms. The minimum Gasteiger partial charge on any atom is -0.354 e. The number of anilines is 1. The number of carbonyl (C=O) groups is 2. The molecule has 2 aromatic carbocycles. The van der Waals surface area contributed by atoms with Crippen molar-refractivity contribution in [1.29, 1.82) is 0 Å². The maximum Gasteiger partial charge on any atom is 0.416 e. The van der Waals surface area contributed by atoms with Crippen LogP contribution in [0.1, 0.15) is 43.2 Å². The highest BCUT2D eigenvalue weighted by Gasteiger charge is 2.31. The van der Waals surface area contributed by atoms with Crippen molar-refractivity contribution in [3.05, 3.63) is 76.2 Å². The molecule has 1 aliphatic heterocycles. The summed E-state index contributed by atoms with van der Waals surface area (Å²) in [5.41, 5.74) is 1.75. The maximum atomic E-state index is 13.2. The standard InChI is InChI=1S/C26H25F3N2O2S/c27-26(28,29)20-12-10-19(11-13-20)16-23-25(33)31(21-8-4-5-9-22(21)34-23)17-24(32)30-15-14-18-6-2-1-3-7-18/h4-6,8-13,16H,1-3,7,14-15,17H2,(H,30,32). The lowest BCUT2D eigenvalue weighted by Gasteiger charge is -2.30. The Morgan fingerprint density at radius 2 is 1.85 bits per heavy atom. The van der Waals surface area contributed by atoms with Crippen LogP contribution in [-0.4, -0.2) is 24.9 Å². The van der Waals surface area contributed by atoms with Crippen LogP contribution in [0.15, 0.2) is 70.0 Å². The van der Waals surface area contributed by atoms with Crippen LogP contribution in [0.3, 0.4) is 0 Å². The molecule has 34 heavy (non-hydrogen) atoms. The third-order valence-electron chi connectivity index (χ3n) is 5.82. The molecule has 2 amide bonds. The number of amides is 2. The van der Waals surface area contributed by atoms with E-state index in [1.165, 1.54) is 47.2 Å². The van der Waals surface area contributed by atoms with Crippen LogP contribution in [0.25, 0.3) is 6.08 Å². The molecule has 1 aliphatic carbocycles. The first-order valence-corrected chi connectivity index (χ1v) is 12.1. The molecular weight excluding hydrogens is 461 g/mol. The van der Waals surface area contributed by atoms with Gasteiger partial charge in [0.15, 0.2) is 0 Å². The minimum absolute atomic E-state index is 0.125. The number of carbonyl (C=O) groups excluding carboxylic acids is 2. The monoisotopic (exact) mass is 486 g/mol. The van der Waals surface area contributed by atoms with E-state index in [0.29, 0.717) is 22.7 Å². The zero-order chi connectivity index (χ0) is 24.1. The van der Waals surface area contributed by atoms with Gasteiger partial charge in [-0.05, 0) is 68.0 Å². The molecule has 0 saturated carbocycles. The van der Waals surface area contributed by atoms with E-state index in [1.54, 1.807) is 18.2 Å². The van der Waals surface area contributed by atoms with Crippen LogP contribution in [0.2, 0.25) is 0 Å². The van der Waals surface area contributed by atoms with E-state index in [4.69, 9.17) is 0 Å². The number of halogens is 3.